The number of nitrogens with one attached hydrogen (secondary N) is 1. The number of amides is 1. The molecular weight excluding hydrogens is 440 g/mol. The minimum Gasteiger partial charge on any atom is -0.497 e. The Kier molecular flexibility index (Phi) is 7.95. The number of carbonyl (C=O) groups is 1. The first kappa shape index (κ1) is 24.1. The number of rotatable bonds is 10. The zero-order valence-corrected chi connectivity index (χ0v) is 19.7. The van der Waals surface area contributed by atoms with E-state index in [1.807, 2.05) is 19.1 Å². The molecule has 0 aliphatic carbocycles. The summed E-state index contributed by atoms with van der Waals surface area (Å²) in [6.07, 6.45) is 0. The van der Waals surface area contributed by atoms with Crippen LogP contribution in [0.3, 0.4) is 0 Å². The summed E-state index contributed by atoms with van der Waals surface area (Å²) in [5, 5.41) is 2.81. The van der Waals surface area contributed by atoms with Crippen LogP contribution in [-0.4, -0.2) is 40.6 Å². The van der Waals surface area contributed by atoms with Crippen LogP contribution in [0.15, 0.2) is 83.8 Å². The highest BCUT2D eigenvalue weighted by Gasteiger charge is 2.27. The van der Waals surface area contributed by atoms with Gasteiger partial charge in [-0.15, -0.1) is 0 Å². The molecule has 0 aromatic heterocycles. The first-order valence-electron chi connectivity index (χ1n) is 10.5. The lowest BCUT2D eigenvalue weighted by molar-refractivity contribution is -0.120. The molecular formula is C25H28N2O5S. The Morgan fingerprint density at radius 3 is 2.15 bits per heavy atom. The van der Waals surface area contributed by atoms with E-state index in [-0.39, 0.29) is 24.1 Å². The van der Waals surface area contributed by atoms with Crippen LogP contribution >= 0.6 is 0 Å². The highest BCUT2D eigenvalue weighted by molar-refractivity contribution is 7.92. The zero-order valence-electron chi connectivity index (χ0n) is 18.9. The summed E-state index contributed by atoms with van der Waals surface area (Å²) in [7, 11) is -2.34. The van der Waals surface area contributed by atoms with Gasteiger partial charge in [0.1, 0.15) is 24.7 Å². The number of methoxy groups -OCH3 is 1. The maximum atomic E-state index is 13.3. The van der Waals surface area contributed by atoms with Crippen LogP contribution in [-0.2, 0) is 14.8 Å². The number of anilines is 1. The average molecular weight is 469 g/mol. The van der Waals surface area contributed by atoms with Crippen LogP contribution in [0.2, 0.25) is 0 Å². The van der Waals surface area contributed by atoms with E-state index >= 15 is 0 Å². The van der Waals surface area contributed by atoms with Crippen molar-refractivity contribution in [2.24, 2.45) is 0 Å². The maximum Gasteiger partial charge on any atom is 0.264 e. The molecule has 3 aromatic rings. The van der Waals surface area contributed by atoms with Gasteiger partial charge in [-0.3, -0.25) is 9.10 Å². The molecule has 0 heterocycles. The van der Waals surface area contributed by atoms with E-state index in [0.29, 0.717) is 11.4 Å². The number of hydrogen-bond acceptors (Lipinski definition) is 5. The fourth-order valence-corrected chi connectivity index (χ4v) is 4.57. The van der Waals surface area contributed by atoms with Gasteiger partial charge in [-0.25, -0.2) is 8.42 Å². The molecule has 1 unspecified atom stereocenters. The molecule has 0 aliphatic rings. The van der Waals surface area contributed by atoms with Crippen molar-refractivity contribution in [3.8, 4) is 11.5 Å². The van der Waals surface area contributed by atoms with Crippen LogP contribution < -0.4 is 19.1 Å². The van der Waals surface area contributed by atoms with Crippen LogP contribution in [0.4, 0.5) is 5.69 Å². The molecule has 0 bridgehead atoms. The van der Waals surface area contributed by atoms with Crippen LogP contribution in [0.1, 0.15) is 12.5 Å². The monoisotopic (exact) mass is 468 g/mol. The number of carbonyl (C=O) groups excluding carboxylic acids is 1. The molecule has 174 valence electrons. The largest absolute Gasteiger partial charge is 0.497 e. The van der Waals surface area contributed by atoms with Crippen molar-refractivity contribution in [1.29, 1.82) is 0 Å². The lowest BCUT2D eigenvalue weighted by atomic mass is 10.2. The van der Waals surface area contributed by atoms with E-state index in [0.717, 1.165) is 15.6 Å². The SMILES string of the molecule is COc1ccc(OCC(C)NC(=O)CN(c2ccc(C)cc2)S(=O)(=O)c2ccccc2)cc1. The standard InChI is InChI=1S/C25H28N2O5S/c1-19-9-11-21(12-10-19)27(33(29,30)24-7-5-4-6-8-24)17-25(28)26-20(2)18-32-23-15-13-22(31-3)14-16-23/h4-16,20H,17-18H2,1-3H3,(H,26,28). The van der Waals surface area contributed by atoms with Gasteiger partial charge in [-0.05, 0) is 62.4 Å². The Morgan fingerprint density at radius 2 is 1.55 bits per heavy atom. The molecule has 1 atom stereocenters. The van der Waals surface area contributed by atoms with Gasteiger partial charge in [-0.2, -0.15) is 0 Å². The molecule has 0 saturated heterocycles. The molecule has 0 spiro atoms. The fourth-order valence-electron chi connectivity index (χ4n) is 3.13. The molecule has 33 heavy (non-hydrogen) atoms. The highest BCUT2D eigenvalue weighted by atomic mass is 32.2. The summed E-state index contributed by atoms with van der Waals surface area (Å²) in [6.45, 7) is 3.58. The number of sulfonamides is 1. The molecule has 3 aromatic carbocycles. The summed E-state index contributed by atoms with van der Waals surface area (Å²) >= 11 is 0. The van der Waals surface area contributed by atoms with Crippen molar-refractivity contribution >= 4 is 21.6 Å². The third-order valence-corrected chi connectivity index (χ3v) is 6.70. The summed E-state index contributed by atoms with van der Waals surface area (Å²) in [5.41, 5.74) is 1.41. The molecule has 0 aliphatic heterocycles. The molecule has 7 nitrogen and oxygen atoms in total. The van der Waals surface area contributed by atoms with Gasteiger partial charge < -0.3 is 14.8 Å². The maximum absolute atomic E-state index is 13.3. The lowest BCUT2D eigenvalue weighted by Crippen LogP contribution is -2.45. The number of hydrogen-bond donors (Lipinski definition) is 1. The van der Waals surface area contributed by atoms with Gasteiger partial charge >= 0.3 is 0 Å². The Hall–Kier alpha value is -3.52. The molecule has 0 radical (unpaired) electrons. The second-order valence-electron chi connectivity index (χ2n) is 7.62. The Bertz CT molecular complexity index is 1150. The van der Waals surface area contributed by atoms with Crippen molar-refractivity contribution in [2.75, 3.05) is 24.6 Å². The van der Waals surface area contributed by atoms with Crippen molar-refractivity contribution in [1.82, 2.24) is 5.32 Å². The van der Waals surface area contributed by atoms with Crippen molar-refractivity contribution < 1.29 is 22.7 Å². The van der Waals surface area contributed by atoms with Crippen molar-refractivity contribution in [3.63, 3.8) is 0 Å². The molecule has 3 rings (SSSR count). The minimum absolute atomic E-state index is 0.120. The Morgan fingerprint density at radius 1 is 0.939 bits per heavy atom. The minimum atomic E-state index is -3.93. The van der Waals surface area contributed by atoms with Gasteiger partial charge in [0.15, 0.2) is 0 Å². The van der Waals surface area contributed by atoms with Gasteiger partial charge in [0.25, 0.3) is 10.0 Å². The third-order valence-electron chi connectivity index (χ3n) is 4.91. The number of nitrogens with zero attached hydrogens (tertiary/aromatic N) is 1. The Balaban J connectivity index is 1.69. The molecule has 0 fully saturated rings. The molecule has 8 heteroatoms. The van der Waals surface area contributed by atoms with E-state index in [2.05, 4.69) is 5.32 Å². The second kappa shape index (κ2) is 10.9. The van der Waals surface area contributed by atoms with Crippen LogP contribution in [0.5, 0.6) is 11.5 Å². The van der Waals surface area contributed by atoms with E-state index in [4.69, 9.17) is 9.47 Å². The van der Waals surface area contributed by atoms with Gasteiger partial charge in [0, 0.05) is 0 Å². The molecule has 1 N–H and O–H groups in total. The number of ether oxygens (including phenoxy) is 2. The van der Waals surface area contributed by atoms with Crippen LogP contribution in [0.25, 0.3) is 0 Å². The fraction of sp³-hybridized carbons (Fsp3) is 0.240. The quantitative estimate of drug-likeness (QED) is 0.490. The van der Waals surface area contributed by atoms with E-state index in [9.17, 15) is 13.2 Å². The van der Waals surface area contributed by atoms with E-state index in [1.54, 1.807) is 68.6 Å². The number of aryl methyl sites for hydroxylation is 1. The average Bonchev–Trinajstić information content (AvgIpc) is 2.82. The van der Waals surface area contributed by atoms with Gasteiger partial charge in [0.05, 0.1) is 23.7 Å². The predicted molar refractivity (Wildman–Crippen MR) is 128 cm³/mol. The highest BCUT2D eigenvalue weighted by Crippen LogP contribution is 2.24. The van der Waals surface area contributed by atoms with Gasteiger partial charge in [-0.1, -0.05) is 35.9 Å². The summed E-state index contributed by atoms with van der Waals surface area (Å²) in [6, 6.07) is 21.9. The second-order valence-corrected chi connectivity index (χ2v) is 9.48. The first-order chi connectivity index (χ1) is 15.8. The zero-order chi connectivity index (χ0) is 23.8. The predicted octanol–water partition coefficient (Wildman–Crippen LogP) is 3.78. The van der Waals surface area contributed by atoms with E-state index < -0.39 is 15.9 Å². The Labute approximate surface area is 195 Å². The normalized spacial score (nSPS) is 12.0. The lowest BCUT2D eigenvalue weighted by Gasteiger charge is -2.25. The smallest absolute Gasteiger partial charge is 0.264 e. The summed E-state index contributed by atoms with van der Waals surface area (Å²) < 4.78 is 38.6. The topological polar surface area (TPSA) is 84.9 Å². The summed E-state index contributed by atoms with van der Waals surface area (Å²) in [5.74, 6) is 0.935. The molecule has 0 saturated carbocycles. The van der Waals surface area contributed by atoms with Crippen LogP contribution in [0, 0.1) is 6.92 Å². The summed E-state index contributed by atoms with van der Waals surface area (Å²) in [4.78, 5) is 12.9. The van der Waals surface area contributed by atoms with E-state index in [1.165, 1.54) is 12.1 Å². The van der Waals surface area contributed by atoms with Gasteiger partial charge in [0.2, 0.25) is 5.91 Å². The first-order valence-corrected chi connectivity index (χ1v) is 11.9. The third kappa shape index (κ3) is 6.49. The molecule has 1 amide bonds. The van der Waals surface area contributed by atoms with Crippen molar-refractivity contribution in [3.05, 3.63) is 84.4 Å². The number of benzene rings is 3. The van der Waals surface area contributed by atoms with Crippen molar-refractivity contribution in [2.45, 2.75) is 24.8 Å².